The Morgan fingerprint density at radius 2 is 1.85 bits per heavy atom. The number of amides is 1. The summed E-state index contributed by atoms with van der Waals surface area (Å²) in [5, 5.41) is 0. The molecule has 1 N–H and O–H groups in total. The van der Waals surface area contributed by atoms with Gasteiger partial charge in [0.15, 0.2) is 0 Å². The highest BCUT2D eigenvalue weighted by atomic mass is 32.1. The molecule has 0 spiro atoms. The second kappa shape index (κ2) is 4.86. The monoisotopic (exact) mass is 202 g/mol. The Morgan fingerprint density at radius 1 is 1.31 bits per heavy atom. The van der Waals surface area contributed by atoms with Gasteiger partial charge in [-0.15, -0.1) is 0 Å². The number of carbonyl (C=O) groups excluding carboxylic acids is 1. The summed E-state index contributed by atoms with van der Waals surface area (Å²) >= 11 is 4.04. The Labute approximate surface area is 85.4 Å². The molecule has 1 aliphatic rings. The molecule has 0 aromatic heterocycles. The molecule has 1 fully saturated rings. The first-order chi connectivity index (χ1) is 6.15. The van der Waals surface area contributed by atoms with E-state index in [1.807, 2.05) is 14.1 Å². The third-order valence-electron chi connectivity index (χ3n) is 2.70. The van der Waals surface area contributed by atoms with E-state index in [0.717, 1.165) is 25.7 Å². The molecule has 13 heavy (non-hydrogen) atoms. The Hall–Kier alpha value is -0.220. The molecule has 0 aromatic rings. The first-order valence-corrected chi connectivity index (χ1v) is 5.20. The average molecular weight is 202 g/mol. The van der Waals surface area contributed by atoms with E-state index < -0.39 is 0 Å². The zero-order valence-electron chi connectivity index (χ0n) is 8.29. The standard InChI is InChI=1S/C9H18N2OS/c1-11(2)9(12)7-3-5-8(10-13)6-4-7/h7-8,10,13H,3-6H2,1-2H3/t7-,8+. The zero-order chi connectivity index (χ0) is 9.84. The molecule has 3 nitrogen and oxygen atoms in total. The van der Waals surface area contributed by atoms with Crippen molar-refractivity contribution in [3.8, 4) is 0 Å². The number of hydrogen-bond donors (Lipinski definition) is 2. The number of carbonyl (C=O) groups is 1. The minimum absolute atomic E-state index is 0.243. The Kier molecular flexibility index (Phi) is 4.06. The summed E-state index contributed by atoms with van der Waals surface area (Å²) in [7, 11) is 3.65. The molecule has 4 heteroatoms. The fourth-order valence-electron chi connectivity index (χ4n) is 1.83. The van der Waals surface area contributed by atoms with E-state index in [0.29, 0.717) is 6.04 Å². The average Bonchev–Trinajstić information content (AvgIpc) is 2.17. The van der Waals surface area contributed by atoms with Crippen LogP contribution in [0.25, 0.3) is 0 Å². The topological polar surface area (TPSA) is 32.3 Å². The molecule has 1 amide bonds. The smallest absolute Gasteiger partial charge is 0.225 e. The minimum Gasteiger partial charge on any atom is -0.349 e. The molecule has 1 aliphatic carbocycles. The summed E-state index contributed by atoms with van der Waals surface area (Å²) in [4.78, 5) is 13.3. The lowest BCUT2D eigenvalue weighted by Gasteiger charge is -2.28. The van der Waals surface area contributed by atoms with Crippen molar-refractivity contribution in [3.05, 3.63) is 0 Å². The fraction of sp³-hybridized carbons (Fsp3) is 0.889. The molecule has 0 bridgehead atoms. The van der Waals surface area contributed by atoms with Gasteiger partial charge >= 0.3 is 0 Å². The van der Waals surface area contributed by atoms with E-state index in [1.165, 1.54) is 0 Å². The third kappa shape index (κ3) is 2.88. The minimum atomic E-state index is 0.243. The molecular formula is C9H18N2OS. The normalized spacial score (nSPS) is 28.5. The van der Waals surface area contributed by atoms with E-state index in [-0.39, 0.29) is 11.8 Å². The second-order valence-corrected chi connectivity index (χ2v) is 4.17. The summed E-state index contributed by atoms with van der Waals surface area (Å²) in [6.45, 7) is 0. The van der Waals surface area contributed by atoms with Gasteiger partial charge in [0.2, 0.25) is 5.91 Å². The van der Waals surface area contributed by atoms with Crippen LogP contribution < -0.4 is 4.72 Å². The van der Waals surface area contributed by atoms with Gasteiger partial charge in [0.1, 0.15) is 0 Å². The van der Waals surface area contributed by atoms with Crippen molar-refractivity contribution in [2.75, 3.05) is 14.1 Å². The number of rotatable bonds is 2. The maximum Gasteiger partial charge on any atom is 0.225 e. The summed E-state index contributed by atoms with van der Waals surface area (Å²) in [6.07, 6.45) is 4.12. The van der Waals surface area contributed by atoms with Crippen LogP contribution in [0.15, 0.2) is 0 Å². The molecule has 0 saturated heterocycles. The van der Waals surface area contributed by atoms with E-state index in [2.05, 4.69) is 17.5 Å². The molecule has 1 rings (SSSR count). The highest BCUT2D eigenvalue weighted by Gasteiger charge is 2.26. The van der Waals surface area contributed by atoms with Crippen LogP contribution in [0.1, 0.15) is 25.7 Å². The molecule has 1 saturated carbocycles. The van der Waals surface area contributed by atoms with Gasteiger partial charge in [-0.05, 0) is 25.7 Å². The first-order valence-electron chi connectivity index (χ1n) is 4.76. The van der Waals surface area contributed by atoms with Gasteiger partial charge in [0.05, 0.1) is 0 Å². The van der Waals surface area contributed by atoms with Crippen molar-refractivity contribution < 1.29 is 4.79 Å². The fourth-order valence-corrected chi connectivity index (χ4v) is 2.09. The summed E-state index contributed by atoms with van der Waals surface area (Å²) in [5.74, 6) is 0.519. The van der Waals surface area contributed by atoms with E-state index in [1.54, 1.807) is 4.90 Å². The largest absolute Gasteiger partial charge is 0.349 e. The first kappa shape index (κ1) is 10.9. The maximum atomic E-state index is 11.6. The number of nitrogens with one attached hydrogen (secondary N) is 1. The SMILES string of the molecule is CN(C)C(=O)[C@H]1CC[C@@H](NS)CC1. The van der Waals surface area contributed by atoms with E-state index >= 15 is 0 Å². The second-order valence-electron chi connectivity index (χ2n) is 3.91. The van der Waals surface area contributed by atoms with Crippen LogP contribution in [-0.4, -0.2) is 30.9 Å². The van der Waals surface area contributed by atoms with Gasteiger partial charge in [-0.2, -0.15) is 0 Å². The van der Waals surface area contributed by atoms with Gasteiger partial charge in [-0.1, -0.05) is 12.8 Å². The van der Waals surface area contributed by atoms with Crippen LogP contribution in [0.3, 0.4) is 0 Å². The van der Waals surface area contributed by atoms with Crippen molar-refractivity contribution in [3.63, 3.8) is 0 Å². The lowest BCUT2D eigenvalue weighted by atomic mass is 9.86. The van der Waals surface area contributed by atoms with Crippen molar-refractivity contribution in [1.82, 2.24) is 9.62 Å². The van der Waals surface area contributed by atoms with Crippen LogP contribution in [0.5, 0.6) is 0 Å². The molecule has 0 aliphatic heterocycles. The molecule has 0 heterocycles. The zero-order valence-corrected chi connectivity index (χ0v) is 9.18. The quantitative estimate of drug-likeness (QED) is 0.657. The highest BCUT2D eigenvalue weighted by molar-refractivity contribution is 7.78. The van der Waals surface area contributed by atoms with E-state index in [9.17, 15) is 4.79 Å². The Bertz CT molecular complexity index is 176. The van der Waals surface area contributed by atoms with Gasteiger partial charge in [-0.3, -0.25) is 9.52 Å². The molecule has 0 radical (unpaired) electrons. The summed E-state index contributed by atoms with van der Waals surface area (Å²) in [6, 6.07) is 0.495. The molecule has 76 valence electrons. The summed E-state index contributed by atoms with van der Waals surface area (Å²) in [5.41, 5.74) is 0. The lowest BCUT2D eigenvalue weighted by Crippen LogP contribution is -2.35. The predicted octanol–water partition coefficient (Wildman–Crippen LogP) is 1.07. The summed E-state index contributed by atoms with van der Waals surface area (Å²) < 4.78 is 2.96. The van der Waals surface area contributed by atoms with Crippen molar-refractivity contribution in [2.24, 2.45) is 5.92 Å². The van der Waals surface area contributed by atoms with Crippen LogP contribution in [0.2, 0.25) is 0 Å². The third-order valence-corrected chi connectivity index (χ3v) is 3.06. The molecular weight excluding hydrogens is 184 g/mol. The van der Waals surface area contributed by atoms with Gasteiger partial charge < -0.3 is 4.90 Å². The Morgan fingerprint density at radius 3 is 2.23 bits per heavy atom. The van der Waals surface area contributed by atoms with Crippen molar-refractivity contribution in [2.45, 2.75) is 31.7 Å². The van der Waals surface area contributed by atoms with Crippen LogP contribution in [-0.2, 0) is 4.79 Å². The molecule has 0 aromatic carbocycles. The van der Waals surface area contributed by atoms with Crippen molar-refractivity contribution >= 4 is 18.7 Å². The van der Waals surface area contributed by atoms with Crippen molar-refractivity contribution in [1.29, 1.82) is 0 Å². The number of thiol groups is 1. The van der Waals surface area contributed by atoms with Gasteiger partial charge in [0.25, 0.3) is 0 Å². The number of hydrogen-bond acceptors (Lipinski definition) is 3. The highest BCUT2D eigenvalue weighted by Crippen LogP contribution is 2.25. The molecule has 0 atom stereocenters. The van der Waals surface area contributed by atoms with Gasteiger partial charge in [0, 0.05) is 26.1 Å². The maximum absolute atomic E-state index is 11.6. The Balaban J connectivity index is 2.36. The molecule has 0 unspecified atom stereocenters. The number of nitrogens with zero attached hydrogens (tertiary/aromatic N) is 1. The lowest BCUT2D eigenvalue weighted by molar-refractivity contribution is -0.134. The van der Waals surface area contributed by atoms with Gasteiger partial charge in [-0.25, -0.2) is 0 Å². The van der Waals surface area contributed by atoms with Crippen LogP contribution in [0.4, 0.5) is 0 Å². The van der Waals surface area contributed by atoms with E-state index in [4.69, 9.17) is 0 Å². The van der Waals surface area contributed by atoms with Crippen LogP contribution in [0, 0.1) is 5.92 Å². The van der Waals surface area contributed by atoms with Crippen LogP contribution >= 0.6 is 12.8 Å². The predicted molar refractivity (Wildman–Crippen MR) is 56.6 cm³/mol.